The highest BCUT2D eigenvalue weighted by atomic mass is 32.1. The van der Waals surface area contributed by atoms with Crippen LogP contribution in [0.2, 0.25) is 0 Å². The van der Waals surface area contributed by atoms with Crippen molar-refractivity contribution >= 4 is 51.7 Å². The number of benzene rings is 2. The van der Waals surface area contributed by atoms with Crippen LogP contribution in [0.1, 0.15) is 11.8 Å². The lowest BCUT2D eigenvalue weighted by Crippen LogP contribution is -2.33. The lowest BCUT2D eigenvalue weighted by molar-refractivity contribution is -0.120. The molecule has 3 amide bonds. The van der Waals surface area contributed by atoms with Crippen molar-refractivity contribution in [2.45, 2.75) is 6.92 Å². The molecule has 0 unspecified atom stereocenters. The summed E-state index contributed by atoms with van der Waals surface area (Å²) in [4.78, 5) is 38.7. The Hall–Kier alpha value is -3.85. The molecule has 4 rings (SSSR count). The van der Waals surface area contributed by atoms with Crippen molar-refractivity contribution in [3.63, 3.8) is 0 Å². The summed E-state index contributed by atoms with van der Waals surface area (Å²) in [6, 6.07) is 12.6. The Kier molecular flexibility index (Phi) is 5.35. The van der Waals surface area contributed by atoms with Crippen LogP contribution in [0.4, 0.5) is 25.8 Å². The molecule has 2 N–H and O–H groups in total. The molecule has 0 saturated heterocycles. The third-order valence-electron chi connectivity index (χ3n) is 4.48. The molecule has 31 heavy (non-hydrogen) atoms. The first kappa shape index (κ1) is 20.4. The Balaban J connectivity index is 1.73. The van der Waals surface area contributed by atoms with E-state index in [4.69, 9.17) is 0 Å². The van der Waals surface area contributed by atoms with Crippen LogP contribution in [-0.2, 0) is 14.4 Å². The van der Waals surface area contributed by atoms with Gasteiger partial charge in [0.1, 0.15) is 17.3 Å². The Bertz CT molecular complexity index is 1220. The molecular formula is C22H15F2N3O3S. The van der Waals surface area contributed by atoms with E-state index < -0.39 is 23.4 Å². The van der Waals surface area contributed by atoms with Gasteiger partial charge >= 0.3 is 0 Å². The quantitative estimate of drug-likeness (QED) is 0.579. The fourth-order valence-corrected chi connectivity index (χ4v) is 3.93. The third-order valence-corrected chi connectivity index (χ3v) is 5.36. The second-order valence-corrected chi connectivity index (χ2v) is 7.60. The van der Waals surface area contributed by atoms with Crippen LogP contribution in [0, 0.1) is 11.6 Å². The predicted molar refractivity (Wildman–Crippen MR) is 114 cm³/mol. The zero-order valence-corrected chi connectivity index (χ0v) is 16.9. The van der Waals surface area contributed by atoms with Crippen molar-refractivity contribution < 1.29 is 23.2 Å². The summed E-state index contributed by atoms with van der Waals surface area (Å²) in [5.41, 5.74) is 0.788. The van der Waals surface area contributed by atoms with Crippen molar-refractivity contribution in [3.8, 4) is 0 Å². The molecule has 0 spiro atoms. The molecule has 2 aromatic carbocycles. The van der Waals surface area contributed by atoms with Gasteiger partial charge in [-0.2, -0.15) is 0 Å². The first-order chi connectivity index (χ1) is 14.8. The van der Waals surface area contributed by atoms with E-state index in [-0.39, 0.29) is 22.9 Å². The number of anilines is 3. The topological polar surface area (TPSA) is 78.5 Å². The second-order valence-electron chi connectivity index (χ2n) is 6.65. The monoisotopic (exact) mass is 439 g/mol. The van der Waals surface area contributed by atoms with Crippen LogP contribution >= 0.6 is 11.3 Å². The van der Waals surface area contributed by atoms with E-state index in [1.165, 1.54) is 18.3 Å². The van der Waals surface area contributed by atoms with Crippen LogP contribution in [0.15, 0.2) is 65.7 Å². The maximum atomic E-state index is 14.4. The molecule has 2 heterocycles. The van der Waals surface area contributed by atoms with Crippen molar-refractivity contribution in [1.82, 2.24) is 0 Å². The van der Waals surface area contributed by atoms with E-state index in [2.05, 4.69) is 10.6 Å². The van der Waals surface area contributed by atoms with Crippen molar-refractivity contribution in [1.29, 1.82) is 0 Å². The third kappa shape index (κ3) is 3.95. The fraction of sp³-hybridized carbons (Fsp3) is 0.0455. The van der Waals surface area contributed by atoms with E-state index in [9.17, 15) is 23.2 Å². The highest BCUT2D eigenvalue weighted by Crippen LogP contribution is 2.36. The van der Waals surface area contributed by atoms with Gasteiger partial charge in [0.05, 0.1) is 11.3 Å². The molecule has 0 saturated carbocycles. The van der Waals surface area contributed by atoms with E-state index in [1.807, 2.05) is 0 Å². The molecule has 0 fully saturated rings. The van der Waals surface area contributed by atoms with Crippen LogP contribution in [0.5, 0.6) is 0 Å². The van der Waals surface area contributed by atoms with Crippen LogP contribution < -0.4 is 15.5 Å². The molecule has 1 aliphatic rings. The van der Waals surface area contributed by atoms with Crippen LogP contribution in [-0.4, -0.2) is 17.7 Å². The predicted octanol–water partition coefficient (Wildman–Crippen LogP) is 4.38. The van der Waals surface area contributed by atoms with Gasteiger partial charge in [-0.25, -0.2) is 13.7 Å². The fourth-order valence-electron chi connectivity index (χ4n) is 3.16. The van der Waals surface area contributed by atoms with Crippen LogP contribution in [0.25, 0.3) is 5.57 Å². The molecule has 0 radical (unpaired) electrons. The lowest BCUT2D eigenvalue weighted by Gasteiger charge is -2.16. The minimum Gasteiger partial charge on any atom is -0.350 e. The van der Waals surface area contributed by atoms with Gasteiger partial charge in [-0.3, -0.25) is 14.4 Å². The van der Waals surface area contributed by atoms with Gasteiger partial charge in [-0.1, -0.05) is 6.07 Å². The van der Waals surface area contributed by atoms with Crippen molar-refractivity contribution in [3.05, 3.63) is 82.2 Å². The van der Waals surface area contributed by atoms with Gasteiger partial charge in [0.2, 0.25) is 5.91 Å². The minimum atomic E-state index is -1.02. The molecule has 0 aliphatic carbocycles. The van der Waals surface area contributed by atoms with Gasteiger partial charge in [0.25, 0.3) is 11.8 Å². The Morgan fingerprint density at radius 3 is 2.29 bits per heavy atom. The van der Waals surface area contributed by atoms with Gasteiger partial charge in [0.15, 0.2) is 0 Å². The normalized spacial score (nSPS) is 13.7. The zero-order valence-electron chi connectivity index (χ0n) is 16.1. The summed E-state index contributed by atoms with van der Waals surface area (Å²) in [6.07, 6.45) is 0. The molecule has 6 nitrogen and oxygen atoms in total. The number of nitrogens with zero attached hydrogens (tertiary/aromatic N) is 1. The Labute approximate surface area is 179 Å². The summed E-state index contributed by atoms with van der Waals surface area (Å²) in [6.45, 7) is 1.39. The number of carbonyl (C=O) groups is 3. The van der Waals surface area contributed by atoms with Crippen molar-refractivity contribution in [2.75, 3.05) is 15.5 Å². The number of hydrogen-bond donors (Lipinski definition) is 2. The minimum absolute atomic E-state index is 0.0246. The summed E-state index contributed by atoms with van der Waals surface area (Å²) in [5, 5.41) is 7.32. The number of nitrogens with one attached hydrogen (secondary N) is 2. The van der Waals surface area contributed by atoms with Gasteiger partial charge in [-0.05, 0) is 47.8 Å². The number of thiophene rings is 1. The second kappa shape index (κ2) is 8.11. The Morgan fingerprint density at radius 1 is 0.968 bits per heavy atom. The zero-order chi connectivity index (χ0) is 22.1. The summed E-state index contributed by atoms with van der Waals surface area (Å²) >= 11 is 1.25. The number of amides is 3. The molecule has 1 aromatic heterocycles. The number of rotatable bonds is 5. The molecule has 0 bridgehead atoms. The van der Waals surface area contributed by atoms with E-state index in [0.29, 0.717) is 27.2 Å². The molecule has 156 valence electrons. The smallest absolute Gasteiger partial charge is 0.282 e. The summed E-state index contributed by atoms with van der Waals surface area (Å²) < 4.78 is 27.7. The molecule has 9 heteroatoms. The Morgan fingerprint density at radius 2 is 1.68 bits per heavy atom. The molecule has 3 aromatic rings. The largest absolute Gasteiger partial charge is 0.350 e. The molecule has 0 atom stereocenters. The van der Waals surface area contributed by atoms with Crippen LogP contribution in [0.3, 0.4) is 0 Å². The summed E-state index contributed by atoms with van der Waals surface area (Å²) in [7, 11) is 0. The highest BCUT2D eigenvalue weighted by Gasteiger charge is 2.41. The lowest BCUT2D eigenvalue weighted by atomic mass is 10.2. The average Bonchev–Trinajstić information content (AvgIpc) is 3.31. The van der Waals surface area contributed by atoms with E-state index >= 15 is 0 Å². The standard InChI is InChI=1S/C22H15F2N3O3S/c1-12(28)25-14-5-7-15(8-6-14)26-20-19(18-3-2-10-31-18)21(29)27(22(20)30)17-9-4-13(23)11-16(17)24/h2-11,26H,1H3,(H,25,28). The van der Waals surface area contributed by atoms with Crippen molar-refractivity contribution in [2.24, 2.45) is 0 Å². The number of halogens is 2. The maximum Gasteiger partial charge on any atom is 0.282 e. The first-order valence-corrected chi connectivity index (χ1v) is 10.00. The van der Waals surface area contributed by atoms with Gasteiger partial charge in [0, 0.05) is 29.2 Å². The van der Waals surface area contributed by atoms with E-state index in [1.54, 1.807) is 41.8 Å². The average molecular weight is 439 g/mol. The number of imide groups is 1. The first-order valence-electron chi connectivity index (χ1n) is 9.12. The molecular weight excluding hydrogens is 424 g/mol. The summed E-state index contributed by atoms with van der Waals surface area (Å²) in [5.74, 6) is -3.53. The highest BCUT2D eigenvalue weighted by molar-refractivity contribution is 7.11. The molecule has 1 aliphatic heterocycles. The van der Waals surface area contributed by atoms with Gasteiger partial charge in [-0.15, -0.1) is 11.3 Å². The SMILES string of the molecule is CC(=O)Nc1ccc(NC2=C(c3cccs3)C(=O)N(c3ccc(F)cc3F)C2=O)cc1. The van der Waals surface area contributed by atoms with Gasteiger partial charge < -0.3 is 10.6 Å². The maximum absolute atomic E-state index is 14.4. The number of hydrogen-bond acceptors (Lipinski definition) is 5. The number of carbonyl (C=O) groups excluding carboxylic acids is 3. The van der Waals surface area contributed by atoms with E-state index in [0.717, 1.165) is 12.1 Å².